The summed E-state index contributed by atoms with van der Waals surface area (Å²) in [6, 6.07) is 8.38. The zero-order valence-corrected chi connectivity index (χ0v) is 6.90. The van der Waals surface area contributed by atoms with Gasteiger partial charge in [0.1, 0.15) is 0 Å². The number of hydrogen-bond donors (Lipinski definition) is 0. The monoisotopic (exact) mass is 160 g/mol. The Labute approximate surface area is 69.8 Å². The summed E-state index contributed by atoms with van der Waals surface area (Å²) in [4.78, 5) is 0. The second-order valence-corrected chi connectivity index (χ2v) is 3.30. The van der Waals surface area contributed by atoms with Crippen molar-refractivity contribution in [2.45, 2.75) is 0 Å². The minimum atomic E-state index is 1.24. The van der Waals surface area contributed by atoms with Gasteiger partial charge in [-0.3, -0.25) is 0 Å². The van der Waals surface area contributed by atoms with Gasteiger partial charge in [0, 0.05) is 4.70 Å². The molecule has 0 spiro atoms. The third-order valence-electron chi connectivity index (χ3n) is 1.73. The molecule has 1 heterocycles. The highest BCUT2D eigenvalue weighted by molar-refractivity contribution is 7.17. The molecule has 1 heteroatoms. The second-order valence-electron chi connectivity index (χ2n) is 2.39. The van der Waals surface area contributed by atoms with Gasteiger partial charge >= 0.3 is 0 Å². The summed E-state index contributed by atoms with van der Waals surface area (Å²) in [7, 11) is 0. The van der Waals surface area contributed by atoms with E-state index in [0.717, 1.165) is 0 Å². The molecule has 54 valence electrons. The van der Waals surface area contributed by atoms with Gasteiger partial charge in [-0.1, -0.05) is 30.9 Å². The van der Waals surface area contributed by atoms with Crippen molar-refractivity contribution in [3.8, 4) is 0 Å². The lowest BCUT2D eigenvalue weighted by Gasteiger charge is -1.88. The molecular formula is C10H8S. The van der Waals surface area contributed by atoms with Crippen LogP contribution in [0.1, 0.15) is 5.56 Å². The first-order valence-corrected chi connectivity index (χ1v) is 4.38. The molecule has 0 aliphatic heterocycles. The SMILES string of the molecule is C=Cc1csc2ccccc12. The summed E-state index contributed by atoms with van der Waals surface area (Å²) in [6.07, 6.45) is 1.90. The van der Waals surface area contributed by atoms with Crippen molar-refractivity contribution in [2.75, 3.05) is 0 Å². The van der Waals surface area contributed by atoms with Crippen molar-refractivity contribution in [3.63, 3.8) is 0 Å². The largest absolute Gasteiger partial charge is 0.143 e. The molecule has 0 amide bonds. The van der Waals surface area contributed by atoms with Crippen LogP contribution in [0.5, 0.6) is 0 Å². The molecule has 0 radical (unpaired) electrons. The Kier molecular flexibility index (Phi) is 1.51. The van der Waals surface area contributed by atoms with Crippen LogP contribution < -0.4 is 0 Å². The summed E-state index contributed by atoms with van der Waals surface area (Å²) >= 11 is 1.77. The van der Waals surface area contributed by atoms with E-state index in [1.165, 1.54) is 15.6 Å². The van der Waals surface area contributed by atoms with Gasteiger partial charge in [-0.15, -0.1) is 11.3 Å². The molecule has 0 N–H and O–H groups in total. The fourth-order valence-corrected chi connectivity index (χ4v) is 2.10. The maximum atomic E-state index is 3.76. The van der Waals surface area contributed by atoms with Crippen LogP contribution in [0.2, 0.25) is 0 Å². The predicted molar refractivity (Wildman–Crippen MR) is 51.9 cm³/mol. The number of thiophene rings is 1. The quantitative estimate of drug-likeness (QED) is 0.598. The zero-order chi connectivity index (χ0) is 7.68. The average Bonchev–Trinajstić information content (AvgIpc) is 2.47. The lowest BCUT2D eigenvalue weighted by molar-refractivity contribution is 1.84. The van der Waals surface area contributed by atoms with E-state index in [4.69, 9.17) is 0 Å². The van der Waals surface area contributed by atoms with Gasteiger partial charge in [0.25, 0.3) is 0 Å². The van der Waals surface area contributed by atoms with E-state index in [-0.39, 0.29) is 0 Å². The standard InChI is InChI=1S/C10H8S/c1-2-8-7-11-10-6-4-3-5-9(8)10/h2-7H,1H2. The summed E-state index contributed by atoms with van der Waals surface area (Å²) in [5, 5.41) is 3.45. The predicted octanol–water partition coefficient (Wildman–Crippen LogP) is 3.54. The molecule has 0 bridgehead atoms. The van der Waals surface area contributed by atoms with Gasteiger partial charge in [-0.25, -0.2) is 0 Å². The first kappa shape index (κ1) is 6.62. The third kappa shape index (κ3) is 0.976. The topological polar surface area (TPSA) is 0 Å². The summed E-state index contributed by atoms with van der Waals surface area (Å²) < 4.78 is 1.34. The Hall–Kier alpha value is -1.08. The fraction of sp³-hybridized carbons (Fsp3) is 0. The minimum Gasteiger partial charge on any atom is -0.143 e. The molecule has 11 heavy (non-hydrogen) atoms. The lowest BCUT2D eigenvalue weighted by atomic mass is 10.2. The van der Waals surface area contributed by atoms with E-state index >= 15 is 0 Å². The van der Waals surface area contributed by atoms with E-state index in [1.54, 1.807) is 11.3 Å². The Morgan fingerprint density at radius 1 is 1.27 bits per heavy atom. The highest BCUT2D eigenvalue weighted by atomic mass is 32.1. The Morgan fingerprint density at radius 2 is 2.09 bits per heavy atom. The third-order valence-corrected chi connectivity index (χ3v) is 2.71. The Balaban J connectivity index is 2.86. The Morgan fingerprint density at radius 3 is 2.91 bits per heavy atom. The van der Waals surface area contributed by atoms with Crippen LogP contribution in [0.25, 0.3) is 16.2 Å². The normalized spacial score (nSPS) is 10.2. The number of hydrogen-bond acceptors (Lipinski definition) is 1. The van der Waals surface area contributed by atoms with Crippen molar-refractivity contribution in [2.24, 2.45) is 0 Å². The van der Waals surface area contributed by atoms with Crippen molar-refractivity contribution in [1.29, 1.82) is 0 Å². The molecule has 0 aliphatic carbocycles. The molecule has 2 rings (SSSR count). The fourth-order valence-electron chi connectivity index (χ4n) is 1.16. The molecule has 0 unspecified atom stereocenters. The van der Waals surface area contributed by atoms with E-state index in [1.807, 2.05) is 6.08 Å². The van der Waals surface area contributed by atoms with Crippen molar-refractivity contribution >= 4 is 27.5 Å². The lowest BCUT2D eigenvalue weighted by Crippen LogP contribution is -1.64. The average molecular weight is 160 g/mol. The highest BCUT2D eigenvalue weighted by Crippen LogP contribution is 2.25. The van der Waals surface area contributed by atoms with Crippen molar-refractivity contribution in [3.05, 3.63) is 41.8 Å². The van der Waals surface area contributed by atoms with Crippen LogP contribution in [-0.2, 0) is 0 Å². The van der Waals surface area contributed by atoms with Crippen LogP contribution in [0.4, 0.5) is 0 Å². The minimum absolute atomic E-state index is 1.24. The van der Waals surface area contributed by atoms with Crippen LogP contribution in [0, 0.1) is 0 Å². The van der Waals surface area contributed by atoms with Gasteiger partial charge < -0.3 is 0 Å². The van der Waals surface area contributed by atoms with Crippen LogP contribution in [0.15, 0.2) is 36.2 Å². The molecule has 2 aromatic rings. The van der Waals surface area contributed by atoms with Gasteiger partial charge in [0.2, 0.25) is 0 Å². The van der Waals surface area contributed by atoms with Crippen molar-refractivity contribution in [1.82, 2.24) is 0 Å². The van der Waals surface area contributed by atoms with Gasteiger partial charge in [0.05, 0.1) is 0 Å². The number of rotatable bonds is 1. The molecule has 0 saturated heterocycles. The van der Waals surface area contributed by atoms with Gasteiger partial charge in [-0.2, -0.15) is 0 Å². The summed E-state index contributed by atoms with van der Waals surface area (Å²) in [5.74, 6) is 0. The maximum Gasteiger partial charge on any atom is 0.0348 e. The van der Waals surface area contributed by atoms with Gasteiger partial charge in [0.15, 0.2) is 0 Å². The maximum absolute atomic E-state index is 3.76. The molecule has 1 aromatic carbocycles. The summed E-state index contributed by atoms with van der Waals surface area (Å²) in [6.45, 7) is 3.76. The number of fused-ring (bicyclic) bond motifs is 1. The van der Waals surface area contributed by atoms with E-state index in [9.17, 15) is 0 Å². The molecule has 0 saturated carbocycles. The molecule has 0 fully saturated rings. The Bertz CT molecular complexity index is 384. The smallest absolute Gasteiger partial charge is 0.0348 e. The van der Waals surface area contributed by atoms with Crippen molar-refractivity contribution < 1.29 is 0 Å². The van der Waals surface area contributed by atoms with E-state index in [2.05, 4.69) is 36.2 Å². The molecule has 0 atom stereocenters. The molecule has 1 aromatic heterocycles. The van der Waals surface area contributed by atoms with Crippen LogP contribution in [0.3, 0.4) is 0 Å². The number of benzene rings is 1. The van der Waals surface area contributed by atoms with E-state index in [0.29, 0.717) is 0 Å². The first-order chi connectivity index (χ1) is 5.42. The van der Waals surface area contributed by atoms with Crippen LogP contribution in [-0.4, -0.2) is 0 Å². The highest BCUT2D eigenvalue weighted by Gasteiger charge is 1.97. The summed E-state index contributed by atoms with van der Waals surface area (Å²) in [5.41, 5.74) is 1.24. The van der Waals surface area contributed by atoms with Gasteiger partial charge in [-0.05, 0) is 22.4 Å². The molecular weight excluding hydrogens is 152 g/mol. The van der Waals surface area contributed by atoms with E-state index < -0.39 is 0 Å². The van der Waals surface area contributed by atoms with Crippen LogP contribution >= 0.6 is 11.3 Å². The molecule has 0 aliphatic rings. The first-order valence-electron chi connectivity index (χ1n) is 3.50. The zero-order valence-electron chi connectivity index (χ0n) is 6.08. The second kappa shape index (κ2) is 2.51. The molecule has 0 nitrogen and oxygen atoms in total.